The van der Waals surface area contributed by atoms with Crippen LogP contribution in [-0.2, 0) is 0 Å². The lowest BCUT2D eigenvalue weighted by Gasteiger charge is -2.44. The maximum Gasteiger partial charge on any atom is 0.00954 e. The van der Waals surface area contributed by atoms with Gasteiger partial charge in [0.2, 0.25) is 0 Å². The number of hydrogen-bond donors (Lipinski definition) is 1. The molecule has 0 aromatic carbocycles. The highest BCUT2D eigenvalue weighted by Crippen LogP contribution is 2.43. The van der Waals surface area contributed by atoms with Gasteiger partial charge in [0.15, 0.2) is 0 Å². The van der Waals surface area contributed by atoms with Gasteiger partial charge in [0, 0.05) is 6.04 Å². The molecule has 0 saturated heterocycles. The van der Waals surface area contributed by atoms with E-state index in [9.17, 15) is 0 Å². The van der Waals surface area contributed by atoms with Crippen LogP contribution in [0.3, 0.4) is 0 Å². The lowest BCUT2D eigenvalue weighted by molar-refractivity contribution is 0.0896. The largest absolute Gasteiger partial charge is 0.327 e. The molecule has 0 bridgehead atoms. The summed E-state index contributed by atoms with van der Waals surface area (Å²) in [5.41, 5.74) is 7.04. The second-order valence-corrected chi connectivity index (χ2v) is 10.00. The topological polar surface area (TPSA) is 26.0 Å². The molecule has 0 aromatic rings. The van der Waals surface area contributed by atoms with Crippen LogP contribution < -0.4 is 5.73 Å². The summed E-state index contributed by atoms with van der Waals surface area (Å²) in [4.78, 5) is 0. The van der Waals surface area contributed by atoms with E-state index in [-0.39, 0.29) is 12.4 Å². The predicted octanol–water partition coefficient (Wildman–Crippen LogP) is 9.21. The first-order valence-electron chi connectivity index (χ1n) is 12.9. The highest BCUT2D eigenvalue weighted by molar-refractivity contribution is 5.85. The van der Waals surface area contributed by atoms with Gasteiger partial charge < -0.3 is 5.73 Å². The molecule has 28 heavy (non-hydrogen) atoms. The molecule has 2 N–H and O–H groups in total. The number of unbranched alkanes of at least 4 members (excludes halogenated alkanes) is 14. The molecular weight excluding hydrogens is 362 g/mol. The van der Waals surface area contributed by atoms with E-state index in [1.807, 2.05) is 0 Å². The van der Waals surface area contributed by atoms with E-state index in [1.165, 1.54) is 128 Å². The van der Waals surface area contributed by atoms with Crippen LogP contribution in [-0.4, -0.2) is 6.04 Å². The summed E-state index contributed by atoms with van der Waals surface area (Å²) in [6.45, 7) is 7.20. The monoisotopic (exact) mass is 415 g/mol. The molecule has 1 saturated carbocycles. The lowest BCUT2D eigenvalue weighted by Crippen LogP contribution is -2.45. The van der Waals surface area contributed by atoms with Crippen LogP contribution in [0.25, 0.3) is 0 Å². The van der Waals surface area contributed by atoms with Gasteiger partial charge in [-0.25, -0.2) is 0 Å². The fraction of sp³-hybridized carbons (Fsp3) is 1.00. The van der Waals surface area contributed by atoms with Crippen LogP contribution in [0.2, 0.25) is 0 Å². The molecule has 2 heteroatoms. The van der Waals surface area contributed by atoms with Crippen molar-refractivity contribution in [2.75, 3.05) is 0 Å². The molecule has 1 aliphatic rings. The van der Waals surface area contributed by atoms with Gasteiger partial charge in [-0.2, -0.15) is 0 Å². The third-order valence-electron chi connectivity index (χ3n) is 7.69. The first-order chi connectivity index (χ1) is 13.1. The molecule has 0 aliphatic heterocycles. The van der Waals surface area contributed by atoms with Crippen LogP contribution in [0, 0.1) is 11.3 Å². The zero-order valence-corrected chi connectivity index (χ0v) is 20.6. The van der Waals surface area contributed by atoms with Crippen LogP contribution in [0.4, 0.5) is 0 Å². The Bertz CT molecular complexity index is 332. The van der Waals surface area contributed by atoms with Gasteiger partial charge in [-0.05, 0) is 24.2 Å². The van der Waals surface area contributed by atoms with E-state index in [1.54, 1.807) is 0 Å². The van der Waals surface area contributed by atoms with Crippen molar-refractivity contribution in [3.63, 3.8) is 0 Å². The summed E-state index contributed by atoms with van der Waals surface area (Å²) in [6, 6.07) is 0.426. The smallest absolute Gasteiger partial charge is 0.00954 e. The number of hydrogen-bond acceptors (Lipinski definition) is 1. The number of rotatable bonds is 17. The van der Waals surface area contributed by atoms with Crippen molar-refractivity contribution in [1.29, 1.82) is 0 Å². The van der Waals surface area contributed by atoms with Crippen molar-refractivity contribution in [3.05, 3.63) is 0 Å². The van der Waals surface area contributed by atoms with E-state index in [2.05, 4.69) is 20.8 Å². The molecule has 1 rings (SSSR count). The molecule has 0 spiro atoms. The lowest BCUT2D eigenvalue weighted by atomic mass is 9.63. The molecule has 0 amide bonds. The van der Waals surface area contributed by atoms with Gasteiger partial charge in [-0.1, -0.05) is 136 Å². The Labute approximate surface area is 184 Å². The van der Waals surface area contributed by atoms with E-state index >= 15 is 0 Å². The molecule has 170 valence electrons. The third kappa shape index (κ3) is 12.1. The first-order valence-corrected chi connectivity index (χ1v) is 12.9. The summed E-state index contributed by atoms with van der Waals surface area (Å²) in [6.07, 6.45) is 28.4. The minimum atomic E-state index is 0. The predicted molar refractivity (Wildman–Crippen MR) is 131 cm³/mol. The zero-order chi connectivity index (χ0) is 19.8. The fourth-order valence-electron chi connectivity index (χ4n) is 5.15. The quantitative estimate of drug-likeness (QED) is 0.235. The Balaban J connectivity index is 0.00000729. The Morgan fingerprint density at radius 1 is 0.750 bits per heavy atom. The second kappa shape index (κ2) is 18.1. The molecule has 1 nitrogen and oxygen atoms in total. The SMILES string of the molecule is CCCCCCCCCCCCCCCCCC(N)C1(C)CCCCC1C.Cl. The second-order valence-electron chi connectivity index (χ2n) is 10.00. The maximum atomic E-state index is 6.63. The van der Waals surface area contributed by atoms with Crippen molar-refractivity contribution >= 4 is 12.4 Å². The average Bonchev–Trinajstić information content (AvgIpc) is 2.67. The van der Waals surface area contributed by atoms with Gasteiger partial charge in [0.25, 0.3) is 0 Å². The van der Waals surface area contributed by atoms with Crippen molar-refractivity contribution in [2.45, 2.75) is 155 Å². The van der Waals surface area contributed by atoms with Gasteiger partial charge in [-0.15, -0.1) is 12.4 Å². The average molecular weight is 416 g/mol. The molecule has 0 radical (unpaired) electrons. The summed E-state index contributed by atoms with van der Waals surface area (Å²) >= 11 is 0. The van der Waals surface area contributed by atoms with Crippen LogP contribution in [0.1, 0.15) is 149 Å². The summed E-state index contributed by atoms with van der Waals surface area (Å²) in [5, 5.41) is 0. The van der Waals surface area contributed by atoms with Crippen LogP contribution in [0.5, 0.6) is 0 Å². The van der Waals surface area contributed by atoms with E-state index in [4.69, 9.17) is 5.73 Å². The van der Waals surface area contributed by atoms with E-state index < -0.39 is 0 Å². The third-order valence-corrected chi connectivity index (χ3v) is 7.69. The normalized spacial score (nSPS) is 23.4. The Morgan fingerprint density at radius 2 is 1.18 bits per heavy atom. The van der Waals surface area contributed by atoms with Crippen molar-refractivity contribution in [3.8, 4) is 0 Å². The van der Waals surface area contributed by atoms with E-state index in [0.29, 0.717) is 11.5 Å². The van der Waals surface area contributed by atoms with E-state index in [0.717, 1.165) is 5.92 Å². The van der Waals surface area contributed by atoms with Gasteiger partial charge in [-0.3, -0.25) is 0 Å². The van der Waals surface area contributed by atoms with Crippen LogP contribution >= 0.6 is 12.4 Å². The maximum absolute atomic E-state index is 6.63. The Morgan fingerprint density at radius 3 is 1.61 bits per heavy atom. The Kier molecular flexibility index (Phi) is 18.2. The first kappa shape index (κ1) is 28.2. The number of halogens is 1. The molecule has 0 heterocycles. The summed E-state index contributed by atoms with van der Waals surface area (Å²) in [7, 11) is 0. The highest BCUT2D eigenvalue weighted by Gasteiger charge is 2.38. The molecular formula is C26H54ClN. The molecule has 0 aromatic heterocycles. The standard InChI is InChI=1S/C26H53N.ClH/c1-4-5-6-7-8-9-10-11-12-13-14-15-16-17-18-22-25(27)26(3)23-20-19-21-24(26)2;/h24-25H,4-23,27H2,1-3H3;1H. The number of nitrogens with two attached hydrogens (primary N) is 1. The Hall–Kier alpha value is 0.250. The van der Waals surface area contributed by atoms with Gasteiger partial charge in [0.05, 0.1) is 0 Å². The van der Waals surface area contributed by atoms with Crippen LogP contribution in [0.15, 0.2) is 0 Å². The zero-order valence-electron chi connectivity index (χ0n) is 19.8. The molecule has 1 fully saturated rings. The summed E-state index contributed by atoms with van der Waals surface area (Å²) < 4.78 is 0. The van der Waals surface area contributed by atoms with Gasteiger partial charge >= 0.3 is 0 Å². The van der Waals surface area contributed by atoms with Gasteiger partial charge in [0.1, 0.15) is 0 Å². The highest BCUT2D eigenvalue weighted by atomic mass is 35.5. The summed E-state index contributed by atoms with van der Waals surface area (Å²) in [5.74, 6) is 0.817. The van der Waals surface area contributed by atoms with Crippen molar-refractivity contribution in [2.24, 2.45) is 17.1 Å². The molecule has 1 aliphatic carbocycles. The molecule has 3 atom stereocenters. The fourth-order valence-corrected chi connectivity index (χ4v) is 5.15. The van der Waals surface area contributed by atoms with Crippen molar-refractivity contribution < 1.29 is 0 Å². The minimum absolute atomic E-state index is 0. The molecule has 3 unspecified atom stereocenters. The van der Waals surface area contributed by atoms with Crippen molar-refractivity contribution in [1.82, 2.24) is 0 Å². The minimum Gasteiger partial charge on any atom is -0.327 e.